The first kappa shape index (κ1) is 15.0. The molecule has 0 heterocycles. The maximum atomic E-state index is 6.02. The molecule has 102 valence electrons. The Morgan fingerprint density at radius 3 is 2.72 bits per heavy atom. The molecule has 0 atom stereocenters. The van der Waals surface area contributed by atoms with E-state index >= 15 is 0 Å². The zero-order valence-electron chi connectivity index (χ0n) is 12.0. The van der Waals surface area contributed by atoms with Crippen LogP contribution in [0, 0.1) is 0 Å². The zero-order chi connectivity index (χ0) is 13.4. The minimum atomic E-state index is -0.207. The van der Waals surface area contributed by atoms with E-state index in [2.05, 4.69) is 26.1 Å². The Bertz CT molecular complexity index is 350. The van der Waals surface area contributed by atoms with Gasteiger partial charge >= 0.3 is 0 Å². The van der Waals surface area contributed by atoms with Gasteiger partial charge in [0.1, 0.15) is 11.4 Å². The van der Waals surface area contributed by atoms with Crippen LogP contribution in [0.4, 0.5) is 0 Å². The highest BCUT2D eigenvalue weighted by molar-refractivity contribution is 5.28. The Morgan fingerprint density at radius 2 is 2.06 bits per heavy atom. The molecule has 0 radical (unpaired) electrons. The van der Waals surface area contributed by atoms with E-state index in [4.69, 9.17) is 9.47 Å². The SMILES string of the molecule is CCCNCC(C)(C)Oc1cccc(COC)c1. The molecule has 0 aliphatic carbocycles. The standard InChI is InChI=1S/C15H25NO2/c1-5-9-16-12-15(2,3)18-14-8-6-7-13(10-14)11-17-4/h6-8,10,16H,5,9,11-12H2,1-4H3. The highest BCUT2D eigenvalue weighted by Gasteiger charge is 2.19. The van der Waals surface area contributed by atoms with E-state index in [0.717, 1.165) is 30.8 Å². The van der Waals surface area contributed by atoms with E-state index in [9.17, 15) is 0 Å². The number of nitrogens with one attached hydrogen (secondary N) is 1. The van der Waals surface area contributed by atoms with Crippen molar-refractivity contribution < 1.29 is 9.47 Å². The monoisotopic (exact) mass is 251 g/mol. The molecule has 1 aromatic carbocycles. The minimum Gasteiger partial charge on any atom is -0.487 e. The van der Waals surface area contributed by atoms with Gasteiger partial charge in [-0.05, 0) is 44.5 Å². The smallest absolute Gasteiger partial charge is 0.120 e. The van der Waals surface area contributed by atoms with Gasteiger partial charge in [0.05, 0.1) is 6.61 Å². The van der Waals surface area contributed by atoms with Gasteiger partial charge in [0, 0.05) is 13.7 Å². The Morgan fingerprint density at radius 1 is 1.28 bits per heavy atom. The Kier molecular flexibility index (Phi) is 6.16. The quantitative estimate of drug-likeness (QED) is 0.720. The fourth-order valence-electron chi connectivity index (χ4n) is 1.79. The fourth-order valence-corrected chi connectivity index (χ4v) is 1.79. The van der Waals surface area contributed by atoms with Crippen molar-refractivity contribution >= 4 is 0 Å². The number of methoxy groups -OCH3 is 1. The summed E-state index contributed by atoms with van der Waals surface area (Å²) in [5.41, 5.74) is 0.924. The maximum Gasteiger partial charge on any atom is 0.120 e. The summed E-state index contributed by atoms with van der Waals surface area (Å²) in [6, 6.07) is 8.06. The van der Waals surface area contributed by atoms with Gasteiger partial charge in [-0.2, -0.15) is 0 Å². The first-order valence-electron chi connectivity index (χ1n) is 6.55. The lowest BCUT2D eigenvalue weighted by molar-refractivity contribution is 0.108. The summed E-state index contributed by atoms with van der Waals surface area (Å²) in [4.78, 5) is 0. The topological polar surface area (TPSA) is 30.5 Å². The van der Waals surface area contributed by atoms with Crippen LogP contribution >= 0.6 is 0 Å². The van der Waals surface area contributed by atoms with Gasteiger partial charge in [-0.1, -0.05) is 19.1 Å². The highest BCUT2D eigenvalue weighted by atomic mass is 16.5. The first-order chi connectivity index (χ1) is 8.57. The molecule has 0 saturated heterocycles. The van der Waals surface area contributed by atoms with Crippen LogP contribution < -0.4 is 10.1 Å². The lowest BCUT2D eigenvalue weighted by Gasteiger charge is -2.27. The molecule has 0 aliphatic rings. The van der Waals surface area contributed by atoms with E-state index in [1.54, 1.807) is 7.11 Å². The van der Waals surface area contributed by atoms with Gasteiger partial charge in [-0.15, -0.1) is 0 Å². The van der Waals surface area contributed by atoms with Crippen molar-refractivity contribution in [1.82, 2.24) is 5.32 Å². The molecule has 0 amide bonds. The van der Waals surface area contributed by atoms with Crippen LogP contribution in [-0.4, -0.2) is 25.8 Å². The number of hydrogen-bond acceptors (Lipinski definition) is 3. The Labute approximate surface area is 110 Å². The summed E-state index contributed by atoms with van der Waals surface area (Å²) < 4.78 is 11.1. The molecule has 0 bridgehead atoms. The third kappa shape index (κ3) is 5.52. The molecule has 0 unspecified atom stereocenters. The molecule has 1 aromatic rings. The third-order valence-electron chi connectivity index (χ3n) is 2.58. The molecule has 3 nitrogen and oxygen atoms in total. The molecule has 0 fully saturated rings. The van der Waals surface area contributed by atoms with Gasteiger partial charge in [0.25, 0.3) is 0 Å². The van der Waals surface area contributed by atoms with E-state index in [1.807, 2.05) is 24.3 Å². The molecule has 18 heavy (non-hydrogen) atoms. The average Bonchev–Trinajstić information content (AvgIpc) is 2.29. The van der Waals surface area contributed by atoms with Gasteiger partial charge in [0.15, 0.2) is 0 Å². The van der Waals surface area contributed by atoms with Crippen molar-refractivity contribution in [2.75, 3.05) is 20.2 Å². The summed E-state index contributed by atoms with van der Waals surface area (Å²) in [6.45, 7) is 8.84. The van der Waals surface area contributed by atoms with E-state index in [-0.39, 0.29) is 5.60 Å². The normalized spacial score (nSPS) is 11.6. The molecule has 1 rings (SSSR count). The van der Waals surface area contributed by atoms with Gasteiger partial charge < -0.3 is 14.8 Å². The predicted octanol–water partition coefficient (Wildman–Crippen LogP) is 2.99. The fraction of sp³-hybridized carbons (Fsp3) is 0.600. The molecule has 0 aliphatic heterocycles. The highest BCUT2D eigenvalue weighted by Crippen LogP contribution is 2.19. The zero-order valence-corrected chi connectivity index (χ0v) is 12.0. The van der Waals surface area contributed by atoms with E-state index in [1.165, 1.54) is 0 Å². The second-order valence-electron chi connectivity index (χ2n) is 5.12. The van der Waals surface area contributed by atoms with Crippen LogP contribution in [0.5, 0.6) is 5.75 Å². The lowest BCUT2D eigenvalue weighted by Crippen LogP contribution is -2.40. The maximum absolute atomic E-state index is 6.02. The van der Waals surface area contributed by atoms with Crippen molar-refractivity contribution in [2.24, 2.45) is 0 Å². The largest absolute Gasteiger partial charge is 0.487 e. The molecule has 3 heteroatoms. The van der Waals surface area contributed by atoms with Crippen molar-refractivity contribution in [3.63, 3.8) is 0 Å². The molecule has 1 N–H and O–H groups in total. The lowest BCUT2D eigenvalue weighted by atomic mass is 10.1. The summed E-state index contributed by atoms with van der Waals surface area (Å²) >= 11 is 0. The van der Waals surface area contributed by atoms with Crippen molar-refractivity contribution in [1.29, 1.82) is 0 Å². The first-order valence-corrected chi connectivity index (χ1v) is 6.55. The molecule has 0 aromatic heterocycles. The molecule has 0 saturated carbocycles. The van der Waals surface area contributed by atoms with E-state index < -0.39 is 0 Å². The van der Waals surface area contributed by atoms with Crippen LogP contribution in [0.15, 0.2) is 24.3 Å². The van der Waals surface area contributed by atoms with Crippen molar-refractivity contribution in [3.8, 4) is 5.75 Å². The van der Waals surface area contributed by atoms with Crippen LogP contribution in [0.3, 0.4) is 0 Å². The predicted molar refractivity (Wildman–Crippen MR) is 75.0 cm³/mol. The molecular formula is C15H25NO2. The van der Waals surface area contributed by atoms with Gasteiger partial charge in [0.2, 0.25) is 0 Å². The summed E-state index contributed by atoms with van der Waals surface area (Å²) in [5.74, 6) is 0.896. The Hall–Kier alpha value is -1.06. The molecular weight excluding hydrogens is 226 g/mol. The van der Waals surface area contributed by atoms with Crippen LogP contribution in [0.2, 0.25) is 0 Å². The van der Waals surface area contributed by atoms with Gasteiger partial charge in [-0.25, -0.2) is 0 Å². The van der Waals surface area contributed by atoms with Crippen LogP contribution in [-0.2, 0) is 11.3 Å². The number of benzene rings is 1. The Balaban J connectivity index is 2.56. The van der Waals surface area contributed by atoms with E-state index in [0.29, 0.717) is 6.61 Å². The number of hydrogen-bond donors (Lipinski definition) is 1. The summed E-state index contributed by atoms with van der Waals surface area (Å²) in [5, 5.41) is 3.39. The second-order valence-corrected chi connectivity index (χ2v) is 5.12. The summed E-state index contributed by atoms with van der Waals surface area (Å²) in [6.07, 6.45) is 1.14. The van der Waals surface area contributed by atoms with Crippen molar-refractivity contribution in [2.45, 2.75) is 39.4 Å². The summed E-state index contributed by atoms with van der Waals surface area (Å²) in [7, 11) is 1.70. The second kappa shape index (κ2) is 7.39. The van der Waals surface area contributed by atoms with Crippen LogP contribution in [0.25, 0.3) is 0 Å². The number of rotatable bonds is 8. The molecule has 0 spiro atoms. The van der Waals surface area contributed by atoms with Gasteiger partial charge in [-0.3, -0.25) is 0 Å². The third-order valence-corrected chi connectivity index (χ3v) is 2.58. The number of ether oxygens (including phenoxy) is 2. The minimum absolute atomic E-state index is 0.207. The van der Waals surface area contributed by atoms with Crippen LogP contribution in [0.1, 0.15) is 32.8 Å². The van der Waals surface area contributed by atoms with Crippen molar-refractivity contribution in [3.05, 3.63) is 29.8 Å². The average molecular weight is 251 g/mol.